The summed E-state index contributed by atoms with van der Waals surface area (Å²) in [5.41, 5.74) is 6.72. The highest BCUT2D eigenvalue weighted by molar-refractivity contribution is 5.87. The average molecular weight is 247 g/mol. The van der Waals surface area contributed by atoms with Crippen molar-refractivity contribution in [2.75, 3.05) is 38.6 Å². The maximum absolute atomic E-state index is 5.82. The fourth-order valence-electron chi connectivity index (χ4n) is 2.20. The lowest BCUT2D eigenvalue weighted by atomic mass is 10.3. The number of hydrogen-bond acceptors (Lipinski definition) is 5. The molecule has 0 aliphatic carbocycles. The van der Waals surface area contributed by atoms with Crippen molar-refractivity contribution in [3.8, 4) is 0 Å². The summed E-state index contributed by atoms with van der Waals surface area (Å²) in [6.07, 6.45) is 3.66. The van der Waals surface area contributed by atoms with Crippen molar-refractivity contribution in [1.82, 2.24) is 19.7 Å². The van der Waals surface area contributed by atoms with E-state index in [9.17, 15) is 0 Å². The molecule has 2 N–H and O–H groups in total. The fourth-order valence-corrected chi connectivity index (χ4v) is 2.20. The standard InChI is InChI=1S/C12H17N5O/c13-12-10-9-17(15-11(10)1-2-14-12)4-3-16-5-7-18-8-6-16/h1-2,9H,3-8H2,(H2,13,14). The number of anilines is 1. The molecule has 6 nitrogen and oxygen atoms in total. The van der Waals surface area contributed by atoms with Crippen LogP contribution in [0, 0.1) is 0 Å². The molecule has 1 aliphatic heterocycles. The predicted molar refractivity (Wildman–Crippen MR) is 69.2 cm³/mol. The molecule has 0 saturated carbocycles. The van der Waals surface area contributed by atoms with Crippen LogP contribution in [0.3, 0.4) is 0 Å². The first-order valence-corrected chi connectivity index (χ1v) is 6.21. The lowest BCUT2D eigenvalue weighted by Crippen LogP contribution is -2.38. The van der Waals surface area contributed by atoms with Crippen LogP contribution >= 0.6 is 0 Å². The van der Waals surface area contributed by atoms with Gasteiger partial charge in [0.2, 0.25) is 0 Å². The molecule has 0 atom stereocenters. The smallest absolute Gasteiger partial charge is 0.134 e. The highest BCUT2D eigenvalue weighted by Gasteiger charge is 2.10. The van der Waals surface area contributed by atoms with Gasteiger partial charge in [-0.2, -0.15) is 5.10 Å². The minimum Gasteiger partial charge on any atom is -0.383 e. The summed E-state index contributed by atoms with van der Waals surface area (Å²) in [6, 6.07) is 1.89. The van der Waals surface area contributed by atoms with E-state index in [-0.39, 0.29) is 0 Å². The van der Waals surface area contributed by atoms with Gasteiger partial charge >= 0.3 is 0 Å². The molecule has 1 aliphatic rings. The number of nitrogens with two attached hydrogens (primary N) is 1. The van der Waals surface area contributed by atoms with Crippen LogP contribution in [-0.4, -0.2) is 52.5 Å². The van der Waals surface area contributed by atoms with Crippen LogP contribution in [-0.2, 0) is 11.3 Å². The van der Waals surface area contributed by atoms with Gasteiger partial charge in [-0.1, -0.05) is 0 Å². The molecule has 3 rings (SSSR count). The second kappa shape index (κ2) is 4.91. The summed E-state index contributed by atoms with van der Waals surface area (Å²) in [7, 11) is 0. The molecule has 2 aromatic rings. The van der Waals surface area contributed by atoms with Gasteiger partial charge in [0.15, 0.2) is 0 Å². The van der Waals surface area contributed by atoms with Gasteiger partial charge in [0.1, 0.15) is 5.82 Å². The Morgan fingerprint density at radius 2 is 2.11 bits per heavy atom. The van der Waals surface area contributed by atoms with Gasteiger partial charge in [-0.05, 0) is 6.07 Å². The van der Waals surface area contributed by atoms with Crippen molar-refractivity contribution in [1.29, 1.82) is 0 Å². The van der Waals surface area contributed by atoms with Gasteiger partial charge in [-0.15, -0.1) is 0 Å². The van der Waals surface area contributed by atoms with E-state index in [1.165, 1.54) is 0 Å². The topological polar surface area (TPSA) is 69.2 Å². The Bertz CT molecular complexity index is 532. The Balaban J connectivity index is 1.69. The van der Waals surface area contributed by atoms with Crippen LogP contribution in [0.4, 0.5) is 5.82 Å². The first kappa shape index (κ1) is 11.4. The number of rotatable bonds is 3. The molecule has 1 fully saturated rings. The molecule has 0 aromatic carbocycles. The molecule has 3 heterocycles. The molecule has 0 amide bonds. The Morgan fingerprint density at radius 3 is 2.89 bits per heavy atom. The van der Waals surface area contributed by atoms with Crippen LogP contribution in [0.25, 0.3) is 10.9 Å². The third kappa shape index (κ3) is 2.30. The van der Waals surface area contributed by atoms with Gasteiger partial charge in [0, 0.05) is 32.0 Å². The number of pyridine rings is 1. The van der Waals surface area contributed by atoms with Crippen molar-refractivity contribution in [3.05, 3.63) is 18.5 Å². The van der Waals surface area contributed by atoms with Crippen molar-refractivity contribution in [2.45, 2.75) is 6.54 Å². The highest BCUT2D eigenvalue weighted by atomic mass is 16.5. The minimum atomic E-state index is 0.546. The largest absolute Gasteiger partial charge is 0.383 e. The molecule has 0 bridgehead atoms. The Hall–Kier alpha value is -1.66. The molecular weight excluding hydrogens is 230 g/mol. The normalized spacial score (nSPS) is 17.3. The van der Waals surface area contributed by atoms with Crippen molar-refractivity contribution in [3.63, 3.8) is 0 Å². The molecule has 96 valence electrons. The van der Waals surface area contributed by atoms with Gasteiger partial charge in [-0.25, -0.2) is 4.98 Å². The zero-order valence-corrected chi connectivity index (χ0v) is 10.2. The van der Waals surface area contributed by atoms with E-state index in [0.29, 0.717) is 5.82 Å². The number of nitrogens with zero attached hydrogens (tertiary/aromatic N) is 4. The van der Waals surface area contributed by atoms with Crippen LogP contribution in [0.15, 0.2) is 18.5 Å². The number of fused-ring (bicyclic) bond motifs is 1. The van der Waals surface area contributed by atoms with Gasteiger partial charge in [-0.3, -0.25) is 9.58 Å². The van der Waals surface area contributed by atoms with E-state index < -0.39 is 0 Å². The molecule has 18 heavy (non-hydrogen) atoms. The first-order chi connectivity index (χ1) is 8.83. The second-order valence-electron chi connectivity index (χ2n) is 4.48. The van der Waals surface area contributed by atoms with E-state index in [2.05, 4.69) is 15.0 Å². The summed E-state index contributed by atoms with van der Waals surface area (Å²) in [5.74, 6) is 0.546. The molecule has 0 spiro atoms. The van der Waals surface area contributed by atoms with Gasteiger partial charge in [0.25, 0.3) is 0 Å². The maximum Gasteiger partial charge on any atom is 0.134 e. The SMILES string of the molecule is Nc1nccc2nn(CCN3CCOCC3)cc12. The zero-order chi connectivity index (χ0) is 12.4. The summed E-state index contributed by atoms with van der Waals surface area (Å²) in [4.78, 5) is 6.45. The summed E-state index contributed by atoms with van der Waals surface area (Å²) in [5, 5.41) is 5.43. The number of morpholine rings is 1. The molecule has 2 aromatic heterocycles. The molecule has 0 unspecified atom stereocenters. The lowest BCUT2D eigenvalue weighted by molar-refractivity contribution is 0.0360. The van der Waals surface area contributed by atoms with Crippen LogP contribution < -0.4 is 5.73 Å². The van der Waals surface area contributed by atoms with Crippen LogP contribution in [0.2, 0.25) is 0 Å². The zero-order valence-electron chi connectivity index (χ0n) is 10.2. The fraction of sp³-hybridized carbons (Fsp3) is 0.500. The van der Waals surface area contributed by atoms with E-state index in [0.717, 1.165) is 50.3 Å². The van der Waals surface area contributed by atoms with Gasteiger partial charge < -0.3 is 10.5 Å². The van der Waals surface area contributed by atoms with E-state index >= 15 is 0 Å². The number of aromatic nitrogens is 3. The summed E-state index contributed by atoms with van der Waals surface area (Å²) < 4.78 is 7.27. The number of nitrogen functional groups attached to an aromatic ring is 1. The summed E-state index contributed by atoms with van der Waals surface area (Å²) in [6.45, 7) is 5.53. The summed E-state index contributed by atoms with van der Waals surface area (Å²) >= 11 is 0. The monoisotopic (exact) mass is 247 g/mol. The highest BCUT2D eigenvalue weighted by Crippen LogP contribution is 2.16. The second-order valence-corrected chi connectivity index (χ2v) is 4.48. The predicted octanol–water partition coefficient (Wildman–Crippen LogP) is 0.346. The molecular formula is C12H17N5O. The Morgan fingerprint density at radius 1 is 1.28 bits per heavy atom. The minimum absolute atomic E-state index is 0.546. The van der Waals surface area contributed by atoms with E-state index in [1.807, 2.05) is 16.9 Å². The third-order valence-corrected chi connectivity index (χ3v) is 3.26. The van der Waals surface area contributed by atoms with E-state index in [1.54, 1.807) is 6.20 Å². The lowest BCUT2D eigenvalue weighted by Gasteiger charge is -2.26. The Labute approximate surface area is 105 Å². The average Bonchev–Trinajstić information content (AvgIpc) is 2.82. The molecule has 6 heteroatoms. The van der Waals surface area contributed by atoms with Gasteiger partial charge in [0.05, 0.1) is 30.7 Å². The molecule has 0 radical (unpaired) electrons. The first-order valence-electron chi connectivity index (χ1n) is 6.21. The maximum atomic E-state index is 5.82. The van der Waals surface area contributed by atoms with Crippen molar-refractivity contribution >= 4 is 16.7 Å². The van der Waals surface area contributed by atoms with Crippen LogP contribution in [0.1, 0.15) is 0 Å². The third-order valence-electron chi connectivity index (χ3n) is 3.26. The quantitative estimate of drug-likeness (QED) is 0.847. The number of hydrogen-bond donors (Lipinski definition) is 1. The van der Waals surface area contributed by atoms with Crippen molar-refractivity contribution in [2.24, 2.45) is 0 Å². The van der Waals surface area contributed by atoms with E-state index in [4.69, 9.17) is 10.5 Å². The molecule has 1 saturated heterocycles. The van der Waals surface area contributed by atoms with Crippen LogP contribution in [0.5, 0.6) is 0 Å². The number of ether oxygens (including phenoxy) is 1. The van der Waals surface area contributed by atoms with Crippen molar-refractivity contribution < 1.29 is 4.74 Å². The Kier molecular flexibility index (Phi) is 3.12.